The fourth-order valence-corrected chi connectivity index (χ4v) is 1.72. The molecule has 0 amide bonds. The van der Waals surface area contributed by atoms with Crippen LogP contribution in [0.1, 0.15) is 24.6 Å². The van der Waals surface area contributed by atoms with Gasteiger partial charge in [-0.2, -0.15) is 0 Å². The van der Waals surface area contributed by atoms with Crippen LogP contribution < -0.4 is 10.6 Å². The summed E-state index contributed by atoms with van der Waals surface area (Å²) in [6, 6.07) is 0. The standard InChI is InChI=1S/C12H15N/c1-8-4-6-11-9(2)10(3)13-12(11)7-5-8/h5-7,13H,4H2,1-3H3. The average Bonchev–Trinajstić information content (AvgIpc) is 2.28. The van der Waals surface area contributed by atoms with Crippen LogP contribution >= 0.6 is 0 Å². The molecule has 0 unspecified atom stereocenters. The summed E-state index contributed by atoms with van der Waals surface area (Å²) in [5.74, 6) is 0. The van der Waals surface area contributed by atoms with E-state index in [1.54, 1.807) is 0 Å². The van der Waals surface area contributed by atoms with Crippen molar-refractivity contribution in [1.29, 1.82) is 0 Å². The molecule has 0 atom stereocenters. The smallest absolute Gasteiger partial charge is 0.0455 e. The number of nitrogens with one attached hydrogen (secondary N) is 1. The highest BCUT2D eigenvalue weighted by Crippen LogP contribution is 2.03. The molecule has 1 aromatic heterocycles. The summed E-state index contributed by atoms with van der Waals surface area (Å²) in [4.78, 5) is 3.39. The summed E-state index contributed by atoms with van der Waals surface area (Å²) in [5, 5.41) is 2.64. The molecule has 0 fully saturated rings. The van der Waals surface area contributed by atoms with Gasteiger partial charge in [0.1, 0.15) is 0 Å². The molecular formula is C12H15N. The Morgan fingerprint density at radius 2 is 1.92 bits per heavy atom. The fraction of sp³-hybridized carbons (Fsp3) is 0.333. The van der Waals surface area contributed by atoms with Crippen molar-refractivity contribution in [2.45, 2.75) is 27.2 Å². The number of rotatable bonds is 0. The second-order valence-electron chi connectivity index (χ2n) is 3.79. The summed E-state index contributed by atoms with van der Waals surface area (Å²) in [6.07, 6.45) is 7.75. The molecular weight excluding hydrogens is 158 g/mol. The summed E-state index contributed by atoms with van der Waals surface area (Å²) in [5.41, 5.74) is 4.08. The maximum Gasteiger partial charge on any atom is 0.0455 e. The van der Waals surface area contributed by atoms with Crippen LogP contribution in [0, 0.1) is 13.8 Å². The zero-order valence-corrected chi connectivity index (χ0v) is 8.44. The Balaban J connectivity index is 2.78. The molecule has 1 aromatic rings. The molecule has 2 rings (SSSR count). The highest BCUT2D eigenvalue weighted by Gasteiger charge is 2.00. The third-order valence-electron chi connectivity index (χ3n) is 2.74. The SMILES string of the molecule is CC1=CC=c2[nH]c(C)c(C)c2=CC1. The monoisotopic (exact) mass is 173 g/mol. The molecule has 68 valence electrons. The molecule has 13 heavy (non-hydrogen) atoms. The summed E-state index contributed by atoms with van der Waals surface area (Å²) >= 11 is 0. The first-order valence-electron chi connectivity index (χ1n) is 4.71. The van der Waals surface area contributed by atoms with Crippen LogP contribution in [0.15, 0.2) is 11.6 Å². The van der Waals surface area contributed by atoms with Gasteiger partial charge in [0.15, 0.2) is 0 Å². The molecule has 0 radical (unpaired) electrons. The van der Waals surface area contributed by atoms with Crippen molar-refractivity contribution in [2.24, 2.45) is 0 Å². The minimum Gasteiger partial charge on any atom is -0.358 e. The van der Waals surface area contributed by atoms with Gasteiger partial charge in [-0.25, -0.2) is 0 Å². The van der Waals surface area contributed by atoms with Gasteiger partial charge in [0.2, 0.25) is 0 Å². The second-order valence-corrected chi connectivity index (χ2v) is 3.79. The van der Waals surface area contributed by atoms with E-state index in [0.717, 1.165) is 6.42 Å². The summed E-state index contributed by atoms with van der Waals surface area (Å²) in [7, 11) is 0. The molecule has 0 saturated heterocycles. The highest BCUT2D eigenvalue weighted by atomic mass is 14.7. The van der Waals surface area contributed by atoms with Gasteiger partial charge in [0.05, 0.1) is 0 Å². The van der Waals surface area contributed by atoms with Gasteiger partial charge in [-0.15, -0.1) is 0 Å². The number of allylic oxidation sites excluding steroid dienone is 2. The number of fused-ring (bicyclic) bond motifs is 1. The molecule has 1 heteroatoms. The second kappa shape index (κ2) is 2.91. The summed E-state index contributed by atoms with van der Waals surface area (Å²) < 4.78 is 0. The van der Waals surface area contributed by atoms with Gasteiger partial charge in [-0.3, -0.25) is 0 Å². The van der Waals surface area contributed by atoms with Crippen LogP contribution in [0.5, 0.6) is 0 Å². The molecule has 0 bridgehead atoms. The predicted octanol–water partition coefficient (Wildman–Crippen LogP) is 1.54. The lowest BCUT2D eigenvalue weighted by atomic mass is 10.2. The van der Waals surface area contributed by atoms with Crippen molar-refractivity contribution in [3.05, 3.63) is 33.5 Å². The normalized spacial score (nSPS) is 15.2. The van der Waals surface area contributed by atoms with E-state index in [1.165, 1.54) is 27.4 Å². The predicted molar refractivity (Wildman–Crippen MR) is 56.8 cm³/mol. The molecule has 1 nitrogen and oxygen atoms in total. The van der Waals surface area contributed by atoms with Crippen molar-refractivity contribution in [3.63, 3.8) is 0 Å². The van der Waals surface area contributed by atoms with Crippen LogP contribution in [0.25, 0.3) is 12.2 Å². The van der Waals surface area contributed by atoms with Gasteiger partial charge in [0, 0.05) is 11.0 Å². The molecule has 0 saturated carbocycles. The van der Waals surface area contributed by atoms with Gasteiger partial charge in [-0.05, 0) is 44.1 Å². The fourth-order valence-electron chi connectivity index (χ4n) is 1.72. The van der Waals surface area contributed by atoms with E-state index in [9.17, 15) is 0 Å². The summed E-state index contributed by atoms with van der Waals surface area (Å²) in [6.45, 7) is 6.47. The molecule has 0 aliphatic heterocycles. The van der Waals surface area contributed by atoms with E-state index >= 15 is 0 Å². The Kier molecular flexibility index (Phi) is 1.87. The lowest BCUT2D eigenvalue weighted by Gasteiger charge is -1.90. The van der Waals surface area contributed by atoms with Crippen molar-refractivity contribution in [2.75, 3.05) is 0 Å². The lowest BCUT2D eigenvalue weighted by Crippen LogP contribution is -2.22. The molecule has 1 aliphatic carbocycles. The Bertz CT molecular complexity index is 472. The third kappa shape index (κ3) is 1.35. The van der Waals surface area contributed by atoms with Crippen LogP contribution in [0.2, 0.25) is 0 Å². The van der Waals surface area contributed by atoms with E-state index in [-0.39, 0.29) is 0 Å². The minimum absolute atomic E-state index is 1.07. The largest absolute Gasteiger partial charge is 0.358 e. The highest BCUT2D eigenvalue weighted by molar-refractivity contribution is 5.48. The van der Waals surface area contributed by atoms with Crippen molar-refractivity contribution < 1.29 is 0 Å². The Hall–Kier alpha value is -1.24. The zero-order chi connectivity index (χ0) is 9.42. The first kappa shape index (κ1) is 8.36. The van der Waals surface area contributed by atoms with Crippen LogP contribution in [0.4, 0.5) is 0 Å². The number of aromatic amines is 1. The van der Waals surface area contributed by atoms with Gasteiger partial charge < -0.3 is 4.98 Å². The number of aryl methyl sites for hydroxylation is 1. The maximum absolute atomic E-state index is 3.39. The maximum atomic E-state index is 3.39. The molecule has 1 aliphatic rings. The molecule has 0 aromatic carbocycles. The molecule has 1 N–H and O–H groups in total. The number of H-pyrrole nitrogens is 1. The van der Waals surface area contributed by atoms with Gasteiger partial charge >= 0.3 is 0 Å². The van der Waals surface area contributed by atoms with Crippen LogP contribution in [-0.4, -0.2) is 4.98 Å². The van der Waals surface area contributed by atoms with Crippen LogP contribution in [-0.2, 0) is 0 Å². The van der Waals surface area contributed by atoms with Gasteiger partial charge in [0.25, 0.3) is 0 Å². The topological polar surface area (TPSA) is 15.8 Å². The molecule has 0 spiro atoms. The number of hydrogen-bond donors (Lipinski definition) is 1. The third-order valence-corrected chi connectivity index (χ3v) is 2.74. The number of hydrogen-bond acceptors (Lipinski definition) is 0. The Labute approximate surface area is 78.5 Å². The van der Waals surface area contributed by atoms with Gasteiger partial charge in [-0.1, -0.05) is 17.7 Å². The average molecular weight is 173 g/mol. The Morgan fingerprint density at radius 1 is 1.15 bits per heavy atom. The van der Waals surface area contributed by atoms with E-state index in [1.807, 2.05) is 0 Å². The van der Waals surface area contributed by atoms with E-state index < -0.39 is 0 Å². The van der Waals surface area contributed by atoms with Crippen molar-refractivity contribution >= 4 is 12.2 Å². The zero-order valence-electron chi connectivity index (χ0n) is 8.44. The number of aromatic nitrogens is 1. The first-order valence-corrected chi connectivity index (χ1v) is 4.71. The van der Waals surface area contributed by atoms with Crippen LogP contribution in [0.3, 0.4) is 0 Å². The Morgan fingerprint density at radius 3 is 2.69 bits per heavy atom. The quantitative estimate of drug-likeness (QED) is 0.612. The van der Waals surface area contributed by atoms with Crippen molar-refractivity contribution in [3.8, 4) is 0 Å². The van der Waals surface area contributed by atoms with Crippen molar-refractivity contribution in [1.82, 2.24) is 4.98 Å². The lowest BCUT2D eigenvalue weighted by molar-refractivity contribution is 1.20. The minimum atomic E-state index is 1.07. The van der Waals surface area contributed by atoms with E-state index in [2.05, 4.69) is 44.0 Å². The molecule has 1 heterocycles. The van der Waals surface area contributed by atoms with E-state index in [4.69, 9.17) is 0 Å². The van der Waals surface area contributed by atoms with E-state index in [0.29, 0.717) is 0 Å². The first-order chi connectivity index (χ1) is 6.18.